The average Bonchev–Trinajstić information content (AvgIpc) is 2.73. The number of aromatic nitrogens is 3. The van der Waals surface area contributed by atoms with E-state index in [2.05, 4.69) is 20.3 Å². The number of halogens is 4. The van der Waals surface area contributed by atoms with E-state index in [-0.39, 0.29) is 28.1 Å². The number of hydrogen-bond donors (Lipinski definition) is 1. The van der Waals surface area contributed by atoms with Crippen molar-refractivity contribution in [1.82, 2.24) is 15.0 Å². The van der Waals surface area contributed by atoms with Crippen molar-refractivity contribution in [3.63, 3.8) is 0 Å². The molecule has 4 rings (SSSR count). The van der Waals surface area contributed by atoms with Crippen LogP contribution < -0.4 is 5.32 Å². The molecule has 0 aliphatic carbocycles. The molecular formula is C21H20ClF3N4O2S. The quantitative estimate of drug-likeness (QED) is 0.500. The highest BCUT2D eigenvalue weighted by atomic mass is 35.5. The van der Waals surface area contributed by atoms with Gasteiger partial charge in [-0.3, -0.25) is 0 Å². The zero-order chi connectivity index (χ0) is 23.0. The molecule has 2 aromatic heterocycles. The van der Waals surface area contributed by atoms with Gasteiger partial charge in [0.2, 0.25) is 0 Å². The van der Waals surface area contributed by atoms with Gasteiger partial charge >= 0.3 is 0 Å². The van der Waals surface area contributed by atoms with Crippen LogP contribution in [0.3, 0.4) is 0 Å². The van der Waals surface area contributed by atoms with Gasteiger partial charge in [-0.1, -0.05) is 29.8 Å². The normalized spacial score (nSPS) is 17.6. The van der Waals surface area contributed by atoms with E-state index in [4.69, 9.17) is 11.6 Å². The summed E-state index contributed by atoms with van der Waals surface area (Å²) in [6, 6.07) is 4.97. The molecule has 1 aliphatic heterocycles. The van der Waals surface area contributed by atoms with Crippen LogP contribution in [0.2, 0.25) is 5.15 Å². The Kier molecular flexibility index (Phi) is 6.26. The first-order chi connectivity index (χ1) is 15.2. The minimum absolute atomic E-state index is 0.0754. The summed E-state index contributed by atoms with van der Waals surface area (Å²) < 4.78 is 64.3. The second-order valence-corrected chi connectivity index (χ2v) is 10.5. The molecule has 32 heavy (non-hydrogen) atoms. The molecular weight excluding hydrogens is 465 g/mol. The summed E-state index contributed by atoms with van der Waals surface area (Å²) in [5, 5.41) is 3.83. The topological polar surface area (TPSA) is 84.8 Å². The zero-order valence-corrected chi connectivity index (χ0v) is 18.6. The Labute approximate surface area is 188 Å². The predicted octanol–water partition coefficient (Wildman–Crippen LogP) is 5.22. The van der Waals surface area contributed by atoms with Crippen molar-refractivity contribution in [2.24, 2.45) is 0 Å². The van der Waals surface area contributed by atoms with E-state index in [1.54, 1.807) is 13.0 Å². The van der Waals surface area contributed by atoms with Gasteiger partial charge in [0, 0.05) is 5.56 Å². The van der Waals surface area contributed by atoms with Crippen LogP contribution in [0.25, 0.3) is 11.0 Å². The van der Waals surface area contributed by atoms with Crippen molar-refractivity contribution >= 4 is 38.3 Å². The fraction of sp³-hybridized carbons (Fsp3) is 0.381. The molecule has 1 N–H and O–H groups in total. The molecule has 0 saturated carbocycles. The molecule has 11 heteroatoms. The first-order valence-electron chi connectivity index (χ1n) is 10.0. The maximum absolute atomic E-state index is 14.6. The highest BCUT2D eigenvalue weighted by Crippen LogP contribution is 2.36. The van der Waals surface area contributed by atoms with Crippen molar-refractivity contribution < 1.29 is 21.6 Å². The Morgan fingerprint density at radius 2 is 1.84 bits per heavy atom. The van der Waals surface area contributed by atoms with Gasteiger partial charge in [0.1, 0.15) is 33.0 Å². The Morgan fingerprint density at radius 1 is 1.16 bits per heavy atom. The number of pyridine rings is 1. The Hall–Kier alpha value is -2.46. The number of hydrogen-bond acceptors (Lipinski definition) is 6. The lowest BCUT2D eigenvalue weighted by Crippen LogP contribution is -2.22. The van der Waals surface area contributed by atoms with Crippen LogP contribution in [0, 0.1) is 5.82 Å². The average molecular weight is 485 g/mol. The third-order valence-corrected chi connectivity index (χ3v) is 7.73. The maximum Gasteiger partial charge on any atom is 0.266 e. The number of fused-ring (bicyclic) bond motifs is 1. The lowest BCUT2D eigenvalue weighted by Gasteiger charge is -2.23. The Morgan fingerprint density at radius 3 is 2.53 bits per heavy atom. The van der Waals surface area contributed by atoms with E-state index in [1.165, 1.54) is 18.5 Å². The first kappa shape index (κ1) is 22.7. The third kappa shape index (κ3) is 4.52. The van der Waals surface area contributed by atoms with Gasteiger partial charge in [-0.15, -0.1) is 0 Å². The van der Waals surface area contributed by atoms with Gasteiger partial charge in [-0.2, -0.15) is 0 Å². The van der Waals surface area contributed by atoms with E-state index in [9.17, 15) is 21.6 Å². The molecule has 1 atom stereocenters. The smallest absolute Gasteiger partial charge is 0.266 e. The second kappa shape index (κ2) is 8.82. The van der Waals surface area contributed by atoms with Crippen molar-refractivity contribution in [3.05, 3.63) is 58.3 Å². The lowest BCUT2D eigenvalue weighted by atomic mass is 9.94. The largest absolute Gasteiger partial charge is 0.363 e. The molecule has 1 saturated heterocycles. The van der Waals surface area contributed by atoms with Gasteiger partial charge < -0.3 is 5.32 Å². The fourth-order valence-electron chi connectivity index (χ4n) is 3.94. The summed E-state index contributed by atoms with van der Waals surface area (Å²) in [6.07, 6.45) is -0.767. The zero-order valence-electron chi connectivity index (χ0n) is 17.0. The molecule has 170 valence electrons. The SMILES string of the molecule is C[C@@H](Nc1ncnc2nc(Cl)c(C3CCS(=O)(=O)CC3)cc12)c1cccc(C(F)F)c1F. The van der Waals surface area contributed by atoms with E-state index < -0.39 is 33.7 Å². The highest BCUT2D eigenvalue weighted by Gasteiger charge is 2.27. The molecule has 0 spiro atoms. The van der Waals surface area contributed by atoms with Gasteiger partial charge in [-0.05, 0) is 37.3 Å². The number of nitrogens with zero attached hydrogens (tertiary/aromatic N) is 3. The van der Waals surface area contributed by atoms with Gasteiger partial charge in [0.15, 0.2) is 5.65 Å². The minimum atomic E-state index is -3.04. The van der Waals surface area contributed by atoms with Gasteiger partial charge in [0.25, 0.3) is 6.43 Å². The van der Waals surface area contributed by atoms with Gasteiger partial charge in [-0.25, -0.2) is 36.5 Å². The first-order valence-corrected chi connectivity index (χ1v) is 12.2. The number of alkyl halides is 2. The molecule has 0 unspecified atom stereocenters. The third-order valence-electron chi connectivity index (χ3n) is 5.71. The summed E-state index contributed by atoms with van der Waals surface area (Å²) in [4.78, 5) is 12.7. The molecule has 1 aromatic carbocycles. The number of sulfone groups is 1. The Balaban J connectivity index is 1.69. The van der Waals surface area contributed by atoms with Crippen molar-refractivity contribution in [2.45, 2.75) is 38.2 Å². The van der Waals surface area contributed by atoms with Crippen molar-refractivity contribution in [2.75, 3.05) is 16.8 Å². The molecule has 0 bridgehead atoms. The molecule has 6 nitrogen and oxygen atoms in total. The van der Waals surface area contributed by atoms with E-state index >= 15 is 0 Å². The number of anilines is 1. The predicted molar refractivity (Wildman–Crippen MR) is 116 cm³/mol. The minimum Gasteiger partial charge on any atom is -0.363 e. The van der Waals surface area contributed by atoms with Gasteiger partial charge in [0.05, 0.1) is 28.5 Å². The summed E-state index contributed by atoms with van der Waals surface area (Å²) in [5.74, 6) is -0.531. The van der Waals surface area contributed by atoms with E-state index in [1.807, 2.05) is 0 Å². The Bertz CT molecular complexity index is 1260. The van der Waals surface area contributed by atoms with E-state index in [0.29, 0.717) is 35.3 Å². The number of rotatable bonds is 5. The lowest BCUT2D eigenvalue weighted by molar-refractivity contribution is 0.146. The molecule has 0 amide bonds. The van der Waals surface area contributed by atoms with Crippen LogP contribution in [0.15, 0.2) is 30.6 Å². The van der Waals surface area contributed by atoms with Crippen LogP contribution in [0.5, 0.6) is 0 Å². The number of benzene rings is 1. The highest BCUT2D eigenvalue weighted by molar-refractivity contribution is 7.91. The second-order valence-electron chi connectivity index (χ2n) is 7.81. The number of nitrogens with one attached hydrogen (secondary N) is 1. The summed E-state index contributed by atoms with van der Waals surface area (Å²) in [7, 11) is -3.04. The standard InChI is InChI=1S/C21H20ClF3N4O2S/c1-11(13-3-2-4-14(17(13)23)19(24)25)28-20-16-9-15(12-5-7-32(30,31)8-6-12)18(22)29-21(16)27-10-26-20/h2-4,9-12,19H,5-8H2,1H3,(H,26,27,28,29)/t11-/m1/s1. The van der Waals surface area contributed by atoms with Crippen LogP contribution in [-0.4, -0.2) is 34.9 Å². The summed E-state index contributed by atoms with van der Waals surface area (Å²) >= 11 is 6.37. The maximum atomic E-state index is 14.6. The molecule has 1 fully saturated rings. The molecule has 0 radical (unpaired) electrons. The molecule has 3 aromatic rings. The van der Waals surface area contributed by atoms with Crippen LogP contribution >= 0.6 is 11.6 Å². The van der Waals surface area contributed by atoms with Crippen molar-refractivity contribution in [1.29, 1.82) is 0 Å². The van der Waals surface area contributed by atoms with E-state index in [0.717, 1.165) is 6.07 Å². The molecule has 1 aliphatic rings. The fourth-order valence-corrected chi connectivity index (χ4v) is 5.72. The van der Waals surface area contributed by atoms with Crippen LogP contribution in [-0.2, 0) is 9.84 Å². The summed E-state index contributed by atoms with van der Waals surface area (Å²) in [6.45, 7) is 1.64. The molecule has 3 heterocycles. The van der Waals surface area contributed by atoms with Crippen molar-refractivity contribution in [3.8, 4) is 0 Å². The summed E-state index contributed by atoms with van der Waals surface area (Å²) in [5.41, 5.74) is 0.431. The van der Waals surface area contributed by atoms with Crippen LogP contribution in [0.1, 0.15) is 54.8 Å². The monoisotopic (exact) mass is 484 g/mol. The van der Waals surface area contributed by atoms with Crippen LogP contribution in [0.4, 0.5) is 19.0 Å².